The first-order valence-electron chi connectivity index (χ1n) is 9.09. The molecule has 1 fully saturated rings. The van der Waals surface area contributed by atoms with Crippen molar-refractivity contribution in [3.63, 3.8) is 0 Å². The summed E-state index contributed by atoms with van der Waals surface area (Å²) in [7, 11) is 4.04. The second-order valence-corrected chi connectivity index (χ2v) is 6.55. The number of hydrogen-bond donors (Lipinski definition) is 0. The van der Waals surface area contributed by atoms with Gasteiger partial charge in [-0.05, 0) is 24.6 Å². The Morgan fingerprint density at radius 2 is 1.69 bits per heavy atom. The number of hydrogen-bond acceptors (Lipinski definition) is 6. The number of methoxy groups -OCH3 is 3. The van der Waals surface area contributed by atoms with Crippen LogP contribution in [0.25, 0.3) is 0 Å². The van der Waals surface area contributed by atoms with Gasteiger partial charge in [0.15, 0.2) is 16.9 Å². The van der Waals surface area contributed by atoms with E-state index in [2.05, 4.69) is 11.8 Å². The molecule has 0 radical (unpaired) electrons. The summed E-state index contributed by atoms with van der Waals surface area (Å²) in [5.74, 6) is 5.29. The van der Waals surface area contributed by atoms with Gasteiger partial charge in [-0.2, -0.15) is 0 Å². The monoisotopic (exact) mass is 394 g/mol. The summed E-state index contributed by atoms with van der Waals surface area (Å²) in [5, 5.41) is 0. The molecule has 2 aromatic carbocycles. The molecule has 29 heavy (non-hydrogen) atoms. The summed E-state index contributed by atoms with van der Waals surface area (Å²) in [6.07, 6.45) is 0.283. The van der Waals surface area contributed by atoms with Crippen molar-refractivity contribution in [3.8, 4) is 23.3 Å². The van der Waals surface area contributed by atoms with Gasteiger partial charge in [0, 0.05) is 17.0 Å². The molecule has 150 valence electrons. The molecule has 0 aliphatic heterocycles. The molecule has 0 N–H and O–H groups in total. The average Bonchev–Trinajstić information content (AvgIpc) is 3.53. The standard InChI is InChI=1S/C23H22O6/c1-26-19-13-7-12-17(18-15-23(18,21(24)27-2)22(25)28-3)20(19)29-14-8-11-16-9-5-4-6-10-16/h4-7,9-10,12-13,18H,14-15H2,1-3H3. The van der Waals surface area contributed by atoms with Crippen LogP contribution in [-0.2, 0) is 19.1 Å². The van der Waals surface area contributed by atoms with Crippen molar-refractivity contribution in [1.29, 1.82) is 0 Å². The molecular formula is C23H22O6. The molecule has 1 atom stereocenters. The smallest absolute Gasteiger partial charge is 0.323 e. The number of esters is 2. The lowest BCUT2D eigenvalue weighted by molar-refractivity contribution is -0.161. The van der Waals surface area contributed by atoms with Crippen molar-refractivity contribution in [2.24, 2.45) is 5.41 Å². The summed E-state index contributed by atoms with van der Waals surface area (Å²) >= 11 is 0. The quantitative estimate of drug-likeness (QED) is 0.426. The zero-order valence-corrected chi connectivity index (χ0v) is 16.6. The second kappa shape index (κ2) is 8.70. The maximum absolute atomic E-state index is 12.3. The minimum atomic E-state index is -1.36. The Bertz CT molecular complexity index is 938. The van der Waals surface area contributed by atoms with E-state index in [9.17, 15) is 9.59 Å². The number of para-hydroxylation sites is 1. The van der Waals surface area contributed by atoms with Gasteiger partial charge in [-0.25, -0.2) is 0 Å². The topological polar surface area (TPSA) is 71.1 Å². The van der Waals surface area contributed by atoms with E-state index in [0.717, 1.165) is 5.56 Å². The number of benzene rings is 2. The fourth-order valence-corrected chi connectivity index (χ4v) is 3.43. The Morgan fingerprint density at radius 3 is 2.31 bits per heavy atom. The molecule has 0 saturated heterocycles. The zero-order chi connectivity index (χ0) is 20.9. The fraction of sp³-hybridized carbons (Fsp3) is 0.304. The largest absolute Gasteiger partial charge is 0.493 e. The van der Waals surface area contributed by atoms with E-state index in [0.29, 0.717) is 17.1 Å². The maximum Gasteiger partial charge on any atom is 0.323 e. The van der Waals surface area contributed by atoms with Crippen LogP contribution in [-0.4, -0.2) is 39.9 Å². The zero-order valence-electron chi connectivity index (χ0n) is 16.6. The van der Waals surface area contributed by atoms with Gasteiger partial charge in [0.25, 0.3) is 0 Å². The first-order valence-corrected chi connectivity index (χ1v) is 9.09. The number of rotatable bonds is 6. The first kappa shape index (κ1) is 20.3. The molecule has 1 aliphatic rings. The first-order chi connectivity index (χ1) is 14.1. The minimum absolute atomic E-state index is 0.123. The molecule has 3 rings (SSSR count). The molecule has 0 spiro atoms. The van der Waals surface area contributed by atoms with Gasteiger partial charge in [0.05, 0.1) is 21.3 Å². The van der Waals surface area contributed by atoms with Crippen LogP contribution < -0.4 is 9.47 Å². The molecule has 1 unspecified atom stereocenters. The molecule has 0 bridgehead atoms. The van der Waals surface area contributed by atoms with E-state index in [1.807, 2.05) is 30.3 Å². The van der Waals surface area contributed by atoms with Crippen LogP contribution >= 0.6 is 0 Å². The molecule has 0 heterocycles. The van der Waals surface area contributed by atoms with Crippen LogP contribution in [0.1, 0.15) is 23.5 Å². The lowest BCUT2D eigenvalue weighted by Gasteiger charge is -2.16. The van der Waals surface area contributed by atoms with Crippen molar-refractivity contribution in [2.45, 2.75) is 12.3 Å². The predicted molar refractivity (Wildman–Crippen MR) is 106 cm³/mol. The van der Waals surface area contributed by atoms with Crippen LogP contribution in [0.3, 0.4) is 0 Å². The highest BCUT2D eigenvalue weighted by Gasteiger charge is 2.69. The number of carbonyl (C=O) groups is 2. The fourth-order valence-electron chi connectivity index (χ4n) is 3.43. The normalized spacial score (nSPS) is 16.0. The van der Waals surface area contributed by atoms with E-state index < -0.39 is 23.3 Å². The van der Waals surface area contributed by atoms with Crippen LogP contribution in [0.5, 0.6) is 11.5 Å². The third-order valence-corrected chi connectivity index (χ3v) is 4.96. The van der Waals surface area contributed by atoms with Gasteiger partial charge in [0.1, 0.15) is 6.61 Å². The highest BCUT2D eigenvalue weighted by atomic mass is 16.5. The molecule has 1 aliphatic carbocycles. The SMILES string of the molecule is COC(=O)C1(C(=O)OC)CC1c1cccc(OC)c1OCC#Cc1ccccc1. The summed E-state index contributed by atoms with van der Waals surface area (Å²) in [6.45, 7) is 0.123. The van der Waals surface area contributed by atoms with Gasteiger partial charge in [-0.1, -0.05) is 42.2 Å². The summed E-state index contributed by atoms with van der Waals surface area (Å²) < 4.78 is 21.0. The van der Waals surface area contributed by atoms with Gasteiger partial charge in [-0.15, -0.1) is 0 Å². The highest BCUT2D eigenvalue weighted by molar-refractivity contribution is 6.05. The number of carbonyl (C=O) groups excluding carboxylic acids is 2. The van der Waals surface area contributed by atoms with Gasteiger partial charge in [0.2, 0.25) is 0 Å². The van der Waals surface area contributed by atoms with Crippen LogP contribution in [0, 0.1) is 17.3 Å². The Labute approximate surface area is 169 Å². The Morgan fingerprint density at radius 1 is 1.00 bits per heavy atom. The van der Waals surface area contributed by atoms with Crippen LogP contribution in [0.4, 0.5) is 0 Å². The van der Waals surface area contributed by atoms with Crippen LogP contribution in [0.15, 0.2) is 48.5 Å². The third kappa shape index (κ3) is 3.90. The van der Waals surface area contributed by atoms with Gasteiger partial charge >= 0.3 is 11.9 Å². The van der Waals surface area contributed by atoms with Crippen LogP contribution in [0.2, 0.25) is 0 Å². The van der Waals surface area contributed by atoms with E-state index >= 15 is 0 Å². The molecule has 0 amide bonds. The van der Waals surface area contributed by atoms with Gasteiger partial charge < -0.3 is 18.9 Å². The third-order valence-electron chi connectivity index (χ3n) is 4.96. The lowest BCUT2D eigenvalue weighted by Crippen LogP contribution is -2.30. The molecule has 6 nitrogen and oxygen atoms in total. The lowest BCUT2D eigenvalue weighted by atomic mass is 9.98. The average molecular weight is 394 g/mol. The molecule has 6 heteroatoms. The molecule has 2 aromatic rings. The van der Waals surface area contributed by atoms with E-state index in [-0.39, 0.29) is 13.0 Å². The summed E-state index contributed by atoms with van der Waals surface area (Å²) in [4.78, 5) is 24.7. The van der Waals surface area contributed by atoms with Gasteiger partial charge in [-0.3, -0.25) is 9.59 Å². The van der Waals surface area contributed by atoms with Crippen molar-refractivity contribution in [3.05, 3.63) is 59.7 Å². The second-order valence-electron chi connectivity index (χ2n) is 6.55. The molecule has 0 aromatic heterocycles. The summed E-state index contributed by atoms with van der Waals surface area (Å²) in [6, 6.07) is 14.9. The van der Waals surface area contributed by atoms with E-state index in [4.69, 9.17) is 18.9 Å². The van der Waals surface area contributed by atoms with E-state index in [1.165, 1.54) is 21.3 Å². The number of ether oxygens (including phenoxy) is 4. The maximum atomic E-state index is 12.3. The molecular weight excluding hydrogens is 372 g/mol. The molecule has 1 saturated carbocycles. The van der Waals surface area contributed by atoms with E-state index in [1.54, 1.807) is 18.2 Å². The summed E-state index contributed by atoms with van der Waals surface area (Å²) in [5.41, 5.74) is 0.208. The Balaban J connectivity index is 1.86. The Kier molecular flexibility index (Phi) is 6.08. The van der Waals surface area contributed by atoms with Crippen molar-refractivity contribution < 1.29 is 28.5 Å². The van der Waals surface area contributed by atoms with Crippen molar-refractivity contribution in [2.75, 3.05) is 27.9 Å². The minimum Gasteiger partial charge on any atom is -0.493 e. The van der Waals surface area contributed by atoms with Crippen molar-refractivity contribution >= 4 is 11.9 Å². The Hall–Kier alpha value is -3.46. The van der Waals surface area contributed by atoms with Crippen molar-refractivity contribution in [1.82, 2.24) is 0 Å². The predicted octanol–water partition coefficient (Wildman–Crippen LogP) is 2.95. The highest BCUT2D eigenvalue weighted by Crippen LogP contribution is 2.63.